The minimum Gasteiger partial charge on any atom is -0.458 e. The fourth-order valence-corrected chi connectivity index (χ4v) is 4.35. The molecule has 0 unspecified atom stereocenters. The predicted octanol–water partition coefficient (Wildman–Crippen LogP) is 1.41. The Balaban J connectivity index is 2.13. The van der Waals surface area contributed by atoms with Crippen molar-refractivity contribution in [3.8, 4) is 0 Å². The summed E-state index contributed by atoms with van der Waals surface area (Å²) in [4.78, 5) is 11.8. The molecule has 3 rings (SSSR count). The number of carbonyl (C=O) groups excluding carboxylic acids is 1. The fraction of sp³-hybridized carbons (Fsp3) is 0.800. The normalized spacial score (nSPS) is 53.1. The molecule has 0 amide bonds. The summed E-state index contributed by atoms with van der Waals surface area (Å²) >= 11 is 0. The van der Waals surface area contributed by atoms with Gasteiger partial charge in [0.1, 0.15) is 11.7 Å². The highest BCUT2D eigenvalue weighted by atomic mass is 16.6. The molecule has 1 heterocycles. The highest BCUT2D eigenvalue weighted by molar-refractivity contribution is 5.75. The molecule has 0 spiro atoms. The van der Waals surface area contributed by atoms with Crippen LogP contribution in [0.15, 0.2) is 11.6 Å². The molecule has 0 aromatic carbocycles. The van der Waals surface area contributed by atoms with Crippen LogP contribution in [0.5, 0.6) is 0 Å². The lowest BCUT2D eigenvalue weighted by molar-refractivity contribution is -0.217. The number of aliphatic hydroxyl groups is 2. The van der Waals surface area contributed by atoms with E-state index in [1.807, 2.05) is 26.8 Å². The molecule has 4 nitrogen and oxygen atoms in total. The average Bonchev–Trinajstić information content (AvgIpc) is 2.63. The average molecular weight is 266 g/mol. The van der Waals surface area contributed by atoms with Gasteiger partial charge in [-0.1, -0.05) is 19.9 Å². The molecule has 0 radical (unpaired) electrons. The molecular weight excluding hydrogens is 244 g/mol. The van der Waals surface area contributed by atoms with Crippen LogP contribution in [0.3, 0.4) is 0 Å². The van der Waals surface area contributed by atoms with Crippen molar-refractivity contribution in [1.82, 2.24) is 0 Å². The van der Waals surface area contributed by atoms with E-state index in [1.165, 1.54) is 0 Å². The maximum absolute atomic E-state index is 11.8. The van der Waals surface area contributed by atoms with Crippen LogP contribution >= 0.6 is 0 Å². The number of ether oxygens (including phenoxy) is 1. The second-order valence-electron chi connectivity index (χ2n) is 6.67. The van der Waals surface area contributed by atoms with Crippen molar-refractivity contribution in [2.45, 2.75) is 57.8 Å². The van der Waals surface area contributed by atoms with Crippen molar-refractivity contribution in [1.29, 1.82) is 0 Å². The van der Waals surface area contributed by atoms with Crippen molar-refractivity contribution in [2.75, 3.05) is 0 Å². The molecule has 1 saturated heterocycles. The molecule has 6 atom stereocenters. The zero-order chi connectivity index (χ0) is 14.0. The van der Waals surface area contributed by atoms with Gasteiger partial charge in [-0.3, -0.25) is 4.79 Å². The third-order valence-corrected chi connectivity index (χ3v) is 5.87. The Morgan fingerprint density at radius 3 is 2.84 bits per heavy atom. The van der Waals surface area contributed by atoms with Gasteiger partial charge in [-0.15, -0.1) is 0 Å². The van der Waals surface area contributed by atoms with Crippen molar-refractivity contribution in [3.63, 3.8) is 0 Å². The number of hydrogen-bond donors (Lipinski definition) is 2. The first-order chi connectivity index (χ1) is 8.82. The molecule has 0 aromatic heterocycles. The van der Waals surface area contributed by atoms with E-state index in [4.69, 9.17) is 4.74 Å². The van der Waals surface area contributed by atoms with Gasteiger partial charge >= 0.3 is 5.97 Å². The molecule has 4 heteroatoms. The molecule has 2 aliphatic carbocycles. The SMILES string of the molecule is CC1=CCC[C@]2(C)[C@@H](O)C[C@H]3[C@H](C)C(=O)O[C@@H]3[C@@]12O. The van der Waals surface area contributed by atoms with Crippen LogP contribution in [0, 0.1) is 17.3 Å². The monoisotopic (exact) mass is 266 g/mol. The summed E-state index contributed by atoms with van der Waals surface area (Å²) in [5.74, 6) is -0.594. The predicted molar refractivity (Wildman–Crippen MR) is 69.2 cm³/mol. The van der Waals surface area contributed by atoms with Crippen molar-refractivity contribution in [3.05, 3.63) is 11.6 Å². The van der Waals surface area contributed by atoms with E-state index in [-0.39, 0.29) is 17.8 Å². The van der Waals surface area contributed by atoms with E-state index < -0.39 is 23.2 Å². The van der Waals surface area contributed by atoms with Gasteiger partial charge in [-0.25, -0.2) is 0 Å². The van der Waals surface area contributed by atoms with E-state index in [0.29, 0.717) is 6.42 Å². The summed E-state index contributed by atoms with van der Waals surface area (Å²) in [5.41, 5.74) is -1.03. The third kappa shape index (κ3) is 1.39. The molecule has 1 aliphatic heterocycles. The van der Waals surface area contributed by atoms with Crippen molar-refractivity contribution in [2.24, 2.45) is 17.3 Å². The Morgan fingerprint density at radius 1 is 1.47 bits per heavy atom. The number of hydrogen-bond acceptors (Lipinski definition) is 4. The van der Waals surface area contributed by atoms with Crippen molar-refractivity contribution >= 4 is 5.97 Å². The molecule has 0 aromatic rings. The molecule has 1 saturated carbocycles. The van der Waals surface area contributed by atoms with Crippen LogP contribution < -0.4 is 0 Å². The molecule has 106 valence electrons. The van der Waals surface area contributed by atoms with E-state index in [1.54, 1.807) is 0 Å². The zero-order valence-corrected chi connectivity index (χ0v) is 11.7. The topological polar surface area (TPSA) is 66.8 Å². The summed E-state index contributed by atoms with van der Waals surface area (Å²) in [5, 5.41) is 21.8. The van der Waals surface area contributed by atoms with Gasteiger partial charge in [-0.2, -0.15) is 0 Å². The van der Waals surface area contributed by atoms with E-state index in [2.05, 4.69) is 0 Å². The third-order valence-electron chi connectivity index (χ3n) is 5.87. The number of rotatable bonds is 0. The summed E-state index contributed by atoms with van der Waals surface area (Å²) in [6.07, 6.45) is 3.00. The smallest absolute Gasteiger partial charge is 0.309 e. The Kier molecular flexibility index (Phi) is 2.64. The Bertz CT molecular complexity index is 457. The summed E-state index contributed by atoms with van der Waals surface area (Å²) in [6.45, 7) is 5.62. The van der Waals surface area contributed by atoms with Crippen LogP contribution in [0.4, 0.5) is 0 Å². The quantitative estimate of drug-likeness (QED) is 0.514. The second-order valence-corrected chi connectivity index (χ2v) is 6.67. The Morgan fingerprint density at radius 2 is 2.16 bits per heavy atom. The lowest BCUT2D eigenvalue weighted by Crippen LogP contribution is -2.67. The van der Waals surface area contributed by atoms with Crippen molar-refractivity contribution < 1.29 is 19.7 Å². The standard InChI is InChI=1S/C15H22O4/c1-8-5-4-6-14(3)11(16)7-10-9(2)13(17)19-12(10)15(8,14)18/h5,9-12,16,18H,4,6-7H2,1-3H3/t9-,10-,11-,12-,14+,15-/m0/s1. The van der Waals surface area contributed by atoms with Crippen LogP contribution in [-0.4, -0.2) is 34.0 Å². The van der Waals surface area contributed by atoms with E-state index >= 15 is 0 Å². The lowest BCUT2D eigenvalue weighted by Gasteiger charge is -2.57. The van der Waals surface area contributed by atoms with Crippen LogP contribution in [0.1, 0.15) is 40.0 Å². The number of allylic oxidation sites excluding steroid dienone is 1. The minimum atomic E-state index is -1.23. The molecular formula is C15H22O4. The van der Waals surface area contributed by atoms with Crippen LogP contribution in [0.25, 0.3) is 0 Å². The van der Waals surface area contributed by atoms with Gasteiger partial charge in [0.15, 0.2) is 0 Å². The highest BCUT2D eigenvalue weighted by Gasteiger charge is 2.67. The molecule has 3 aliphatic rings. The van der Waals surface area contributed by atoms with Gasteiger partial charge < -0.3 is 14.9 Å². The van der Waals surface area contributed by atoms with Gasteiger partial charge in [-0.05, 0) is 31.8 Å². The molecule has 2 fully saturated rings. The summed E-state index contributed by atoms with van der Waals surface area (Å²) < 4.78 is 5.49. The molecule has 2 N–H and O–H groups in total. The van der Waals surface area contributed by atoms with Gasteiger partial charge in [0, 0.05) is 11.3 Å². The first-order valence-corrected chi connectivity index (χ1v) is 7.10. The second kappa shape index (κ2) is 3.83. The van der Waals surface area contributed by atoms with Gasteiger partial charge in [0.25, 0.3) is 0 Å². The zero-order valence-electron chi connectivity index (χ0n) is 11.7. The van der Waals surface area contributed by atoms with Gasteiger partial charge in [0.05, 0.1) is 12.0 Å². The Hall–Kier alpha value is -0.870. The largest absolute Gasteiger partial charge is 0.458 e. The fourth-order valence-electron chi connectivity index (χ4n) is 4.35. The lowest BCUT2D eigenvalue weighted by atomic mass is 9.52. The Labute approximate surface area is 113 Å². The molecule has 0 bridgehead atoms. The van der Waals surface area contributed by atoms with Gasteiger partial charge in [0.2, 0.25) is 0 Å². The number of carbonyl (C=O) groups is 1. The highest BCUT2D eigenvalue weighted by Crippen LogP contribution is 2.58. The van der Waals surface area contributed by atoms with E-state index in [0.717, 1.165) is 18.4 Å². The number of fused-ring (bicyclic) bond motifs is 3. The summed E-state index contributed by atoms with van der Waals surface area (Å²) in [6, 6.07) is 0. The maximum atomic E-state index is 11.8. The number of esters is 1. The summed E-state index contributed by atoms with van der Waals surface area (Å²) in [7, 11) is 0. The van der Waals surface area contributed by atoms with Crippen LogP contribution in [-0.2, 0) is 9.53 Å². The number of aliphatic hydroxyl groups excluding tert-OH is 1. The minimum absolute atomic E-state index is 0.0953. The molecule has 19 heavy (non-hydrogen) atoms. The maximum Gasteiger partial charge on any atom is 0.309 e. The first-order valence-electron chi connectivity index (χ1n) is 7.10. The van der Waals surface area contributed by atoms with E-state index in [9.17, 15) is 15.0 Å². The first kappa shape index (κ1) is 13.1. The van der Waals surface area contributed by atoms with Crippen LogP contribution in [0.2, 0.25) is 0 Å².